The molecule has 0 fully saturated rings. The molecule has 5 heteroatoms. The Balaban J connectivity index is 2.29. The summed E-state index contributed by atoms with van der Waals surface area (Å²) in [4.78, 5) is 16.8. The minimum atomic E-state index is -0.174. The summed E-state index contributed by atoms with van der Waals surface area (Å²) in [5.41, 5.74) is 2.17. The summed E-state index contributed by atoms with van der Waals surface area (Å²) in [6.07, 6.45) is 0. The predicted octanol–water partition coefficient (Wildman–Crippen LogP) is 2.86. The first kappa shape index (κ1) is 11.8. The number of hydrogen-bond acceptors (Lipinski definition) is 3. The zero-order chi connectivity index (χ0) is 13.4. The number of pyridine rings is 1. The summed E-state index contributed by atoms with van der Waals surface area (Å²) in [5, 5.41) is 0. The monoisotopic (exact) mass is 269 g/mol. The largest absolute Gasteiger partial charge is 0.279 e. The Bertz CT molecular complexity index is 818. The second-order valence-corrected chi connectivity index (χ2v) is 4.58. The second kappa shape index (κ2) is 4.44. The van der Waals surface area contributed by atoms with E-state index in [9.17, 15) is 4.79 Å². The van der Waals surface area contributed by atoms with Crippen LogP contribution in [0.3, 0.4) is 0 Å². The van der Waals surface area contributed by atoms with Gasteiger partial charge >= 0.3 is 0 Å². The highest BCUT2D eigenvalue weighted by Gasteiger charge is 2.14. The molecule has 2 heterocycles. The van der Waals surface area contributed by atoms with E-state index in [-0.39, 0.29) is 10.7 Å². The zero-order valence-electron chi connectivity index (χ0n) is 10.3. The molecule has 1 aromatic carbocycles. The summed E-state index contributed by atoms with van der Waals surface area (Å²) in [7, 11) is 0. The number of nitrogens with zero attached hydrogens (tertiary/aromatic N) is 3. The van der Waals surface area contributed by atoms with E-state index in [1.165, 1.54) is 4.68 Å². The number of hydrogen-bond donors (Lipinski definition) is 0. The van der Waals surface area contributed by atoms with Crippen LogP contribution in [0.1, 0.15) is 16.1 Å². The molecule has 0 spiro atoms. The molecule has 0 aliphatic carbocycles. The molecule has 0 atom stereocenters. The normalized spacial score (nSPS) is 10.8. The molecule has 0 N–H and O–H groups in total. The van der Waals surface area contributed by atoms with Crippen LogP contribution >= 0.6 is 12.2 Å². The van der Waals surface area contributed by atoms with Crippen molar-refractivity contribution in [3.63, 3.8) is 0 Å². The van der Waals surface area contributed by atoms with Crippen LogP contribution < -0.4 is 0 Å². The first-order valence-corrected chi connectivity index (χ1v) is 6.26. The maximum absolute atomic E-state index is 12.5. The highest BCUT2D eigenvalue weighted by atomic mass is 32.1. The number of fused-ring (bicyclic) bond motifs is 1. The van der Waals surface area contributed by atoms with Crippen LogP contribution in [0, 0.1) is 11.7 Å². The number of aromatic nitrogens is 3. The van der Waals surface area contributed by atoms with Crippen molar-refractivity contribution in [3.8, 4) is 0 Å². The van der Waals surface area contributed by atoms with E-state index >= 15 is 0 Å². The van der Waals surface area contributed by atoms with Crippen molar-refractivity contribution in [2.45, 2.75) is 6.92 Å². The summed E-state index contributed by atoms with van der Waals surface area (Å²) in [6, 6.07) is 14.7. The van der Waals surface area contributed by atoms with Gasteiger partial charge in [0.1, 0.15) is 0 Å². The molecule has 94 valence electrons. The minimum absolute atomic E-state index is 0.174. The minimum Gasteiger partial charge on any atom is -0.267 e. The molecule has 2 aromatic heterocycles. The highest BCUT2D eigenvalue weighted by Crippen LogP contribution is 2.10. The number of carbonyl (C=O) groups is 1. The van der Waals surface area contributed by atoms with E-state index in [2.05, 4.69) is 4.98 Å². The molecule has 0 saturated heterocycles. The molecule has 0 radical (unpaired) electrons. The maximum Gasteiger partial charge on any atom is 0.279 e. The molecule has 19 heavy (non-hydrogen) atoms. The lowest BCUT2D eigenvalue weighted by molar-refractivity contribution is 0.0937. The Morgan fingerprint density at radius 3 is 2.58 bits per heavy atom. The van der Waals surface area contributed by atoms with E-state index in [0.717, 1.165) is 5.69 Å². The van der Waals surface area contributed by atoms with Gasteiger partial charge in [-0.3, -0.25) is 4.79 Å². The first-order chi connectivity index (χ1) is 9.18. The van der Waals surface area contributed by atoms with Crippen LogP contribution in [0.5, 0.6) is 0 Å². The number of carbonyl (C=O) groups excluding carboxylic acids is 1. The molecule has 0 aliphatic rings. The van der Waals surface area contributed by atoms with Crippen molar-refractivity contribution in [2.75, 3.05) is 0 Å². The summed E-state index contributed by atoms with van der Waals surface area (Å²) >= 11 is 5.20. The molecule has 3 aromatic rings. The average molecular weight is 269 g/mol. The fourth-order valence-corrected chi connectivity index (χ4v) is 2.31. The van der Waals surface area contributed by atoms with E-state index in [0.29, 0.717) is 11.2 Å². The number of aryl methyl sites for hydroxylation is 1. The van der Waals surface area contributed by atoms with Gasteiger partial charge in [0.2, 0.25) is 4.77 Å². The predicted molar refractivity (Wildman–Crippen MR) is 74.9 cm³/mol. The molecule has 0 unspecified atom stereocenters. The van der Waals surface area contributed by atoms with Crippen molar-refractivity contribution in [1.29, 1.82) is 0 Å². The van der Waals surface area contributed by atoms with Gasteiger partial charge in [0.15, 0.2) is 5.65 Å². The molecule has 0 bridgehead atoms. The molecular formula is C14H11N3OS. The van der Waals surface area contributed by atoms with Crippen molar-refractivity contribution < 1.29 is 4.79 Å². The van der Waals surface area contributed by atoms with E-state index in [4.69, 9.17) is 12.2 Å². The van der Waals surface area contributed by atoms with Gasteiger partial charge in [-0.1, -0.05) is 24.3 Å². The van der Waals surface area contributed by atoms with Crippen molar-refractivity contribution in [1.82, 2.24) is 14.2 Å². The quantitative estimate of drug-likeness (QED) is 0.638. The lowest BCUT2D eigenvalue weighted by Crippen LogP contribution is -2.18. The van der Waals surface area contributed by atoms with Crippen LogP contribution in [0.2, 0.25) is 0 Å². The van der Waals surface area contributed by atoms with Gasteiger partial charge in [0.25, 0.3) is 5.91 Å². The van der Waals surface area contributed by atoms with Gasteiger partial charge in [-0.25, -0.2) is 4.52 Å². The molecule has 4 nitrogen and oxygen atoms in total. The molecule has 0 saturated carbocycles. The smallest absolute Gasteiger partial charge is 0.267 e. The van der Waals surface area contributed by atoms with Crippen LogP contribution in [0.15, 0.2) is 48.5 Å². The van der Waals surface area contributed by atoms with Gasteiger partial charge in [-0.05, 0) is 43.4 Å². The van der Waals surface area contributed by atoms with Gasteiger partial charge in [-0.2, -0.15) is 9.67 Å². The first-order valence-electron chi connectivity index (χ1n) is 5.85. The van der Waals surface area contributed by atoms with E-state index in [1.54, 1.807) is 16.6 Å². The van der Waals surface area contributed by atoms with Gasteiger partial charge in [-0.15, -0.1) is 0 Å². The van der Waals surface area contributed by atoms with E-state index in [1.807, 2.05) is 43.3 Å². The SMILES string of the molecule is Cc1cccc2nc(=S)n(C(=O)c3ccccc3)n12. The fourth-order valence-electron chi connectivity index (χ4n) is 2.05. The standard InChI is InChI=1S/C14H11N3OS/c1-10-6-5-9-12-15-14(19)17(16(10)12)13(18)11-7-3-2-4-8-11/h2-9H,1H3. The van der Waals surface area contributed by atoms with Crippen molar-refractivity contribution >= 4 is 23.8 Å². The topological polar surface area (TPSA) is 39.3 Å². The molecule has 3 rings (SSSR count). The summed E-state index contributed by atoms with van der Waals surface area (Å²) in [6.45, 7) is 1.91. The second-order valence-electron chi connectivity index (χ2n) is 4.21. The number of benzene rings is 1. The summed E-state index contributed by atoms with van der Waals surface area (Å²) in [5.74, 6) is -0.174. The Kier molecular flexibility index (Phi) is 2.76. The fraction of sp³-hybridized carbons (Fsp3) is 0.0714. The van der Waals surface area contributed by atoms with Crippen LogP contribution in [0.25, 0.3) is 5.65 Å². The number of rotatable bonds is 1. The lowest BCUT2D eigenvalue weighted by Gasteiger charge is -2.07. The third-order valence-corrected chi connectivity index (χ3v) is 3.20. The van der Waals surface area contributed by atoms with E-state index < -0.39 is 0 Å². The van der Waals surface area contributed by atoms with Crippen LogP contribution in [0.4, 0.5) is 0 Å². The third-order valence-electron chi connectivity index (χ3n) is 2.94. The van der Waals surface area contributed by atoms with Crippen molar-refractivity contribution in [3.05, 3.63) is 64.6 Å². The molecule has 0 amide bonds. The maximum atomic E-state index is 12.5. The highest BCUT2D eigenvalue weighted by molar-refractivity contribution is 7.71. The average Bonchev–Trinajstić information content (AvgIpc) is 2.76. The summed E-state index contributed by atoms with van der Waals surface area (Å²) < 4.78 is 3.43. The Hall–Kier alpha value is -2.27. The Labute approximate surface area is 114 Å². The van der Waals surface area contributed by atoms with Crippen LogP contribution in [-0.2, 0) is 0 Å². The Morgan fingerprint density at radius 2 is 1.84 bits per heavy atom. The van der Waals surface area contributed by atoms with Crippen molar-refractivity contribution in [2.24, 2.45) is 0 Å². The van der Waals surface area contributed by atoms with Gasteiger partial charge < -0.3 is 0 Å². The Morgan fingerprint density at radius 1 is 1.11 bits per heavy atom. The van der Waals surface area contributed by atoms with Gasteiger partial charge in [0, 0.05) is 11.3 Å². The van der Waals surface area contributed by atoms with Gasteiger partial charge in [0.05, 0.1) is 0 Å². The third kappa shape index (κ3) is 1.88. The molecular weight excluding hydrogens is 258 g/mol. The molecule has 0 aliphatic heterocycles. The zero-order valence-corrected chi connectivity index (χ0v) is 11.1. The van der Waals surface area contributed by atoms with Crippen LogP contribution in [-0.4, -0.2) is 20.1 Å². The lowest BCUT2D eigenvalue weighted by atomic mass is 10.2.